The Labute approximate surface area is 126 Å². The molecule has 0 saturated carbocycles. The van der Waals surface area contributed by atoms with Gasteiger partial charge >= 0.3 is 0 Å². The second-order valence-electron chi connectivity index (χ2n) is 7.58. The number of nitrogens with zero attached hydrogens (tertiary/aromatic N) is 4. The average molecular weight is 284 g/mol. The molecule has 0 aromatic heterocycles. The van der Waals surface area contributed by atoms with Crippen LogP contribution in [0.3, 0.4) is 0 Å². The average Bonchev–Trinajstić information content (AvgIpc) is 3.13. The van der Waals surface area contributed by atoms with Gasteiger partial charge in [0.25, 0.3) is 0 Å². The van der Waals surface area contributed by atoms with Crippen molar-refractivity contribution in [3.8, 4) is 0 Å². The fourth-order valence-electron chi connectivity index (χ4n) is 6.17. The van der Waals surface area contributed by atoms with Crippen molar-refractivity contribution in [2.45, 2.75) is 55.8 Å². The van der Waals surface area contributed by atoms with Crippen LogP contribution >= 0.6 is 0 Å². The summed E-state index contributed by atoms with van der Waals surface area (Å²) in [4.78, 5) is 11.4. The summed E-state index contributed by atoms with van der Waals surface area (Å²) >= 11 is 0. The molecule has 0 aromatic rings. The summed E-state index contributed by atoms with van der Waals surface area (Å²) in [6, 6.07) is 2.69. The lowest BCUT2D eigenvalue weighted by molar-refractivity contribution is -0.342. The SMILES string of the molecule is C1=CC2CCN3CCC4C=CC5CCN6CCC1N2C63N54. The van der Waals surface area contributed by atoms with Crippen molar-refractivity contribution in [2.75, 3.05) is 26.2 Å². The van der Waals surface area contributed by atoms with E-state index in [1.807, 2.05) is 0 Å². The first-order valence-electron chi connectivity index (χ1n) is 8.83. The van der Waals surface area contributed by atoms with Gasteiger partial charge in [-0.3, -0.25) is 9.80 Å². The van der Waals surface area contributed by atoms with E-state index in [1.54, 1.807) is 0 Å². The quantitative estimate of drug-likeness (QED) is 0.616. The third-order valence-corrected chi connectivity index (χ3v) is 6.86. The predicted octanol–water partition coefficient (Wildman–Crippen LogP) is 1.03. The van der Waals surface area contributed by atoms with E-state index in [-0.39, 0.29) is 5.91 Å². The molecule has 4 fully saturated rings. The zero-order valence-electron chi connectivity index (χ0n) is 12.6. The second kappa shape index (κ2) is 3.80. The molecule has 4 nitrogen and oxygen atoms in total. The van der Waals surface area contributed by atoms with E-state index in [9.17, 15) is 0 Å². The summed E-state index contributed by atoms with van der Waals surface area (Å²) in [5, 5.41) is 0. The van der Waals surface area contributed by atoms with Gasteiger partial charge in [-0.25, -0.2) is 9.80 Å². The molecule has 0 bridgehead atoms. The summed E-state index contributed by atoms with van der Waals surface area (Å²) in [7, 11) is 0. The van der Waals surface area contributed by atoms with Crippen LogP contribution in [0, 0.1) is 0 Å². The number of rotatable bonds is 0. The monoisotopic (exact) mass is 284 g/mol. The lowest BCUT2D eigenvalue weighted by atomic mass is 9.93. The van der Waals surface area contributed by atoms with E-state index in [1.165, 1.54) is 51.9 Å². The van der Waals surface area contributed by atoms with Crippen LogP contribution in [0.25, 0.3) is 0 Å². The third kappa shape index (κ3) is 1.21. The molecule has 0 aromatic carbocycles. The molecular formula is C17H24N4. The molecule has 6 aliphatic rings. The van der Waals surface area contributed by atoms with Crippen LogP contribution in [0.1, 0.15) is 25.7 Å². The largest absolute Gasteiger partial charge is 0.259 e. The van der Waals surface area contributed by atoms with Gasteiger partial charge in [0.05, 0.1) is 0 Å². The highest BCUT2D eigenvalue weighted by Crippen LogP contribution is 2.51. The zero-order chi connectivity index (χ0) is 13.6. The van der Waals surface area contributed by atoms with Gasteiger partial charge < -0.3 is 0 Å². The van der Waals surface area contributed by atoms with Crippen LogP contribution in [-0.2, 0) is 0 Å². The number of hydrogen-bond acceptors (Lipinski definition) is 4. The molecule has 6 rings (SSSR count). The van der Waals surface area contributed by atoms with Crippen LogP contribution in [0.5, 0.6) is 0 Å². The van der Waals surface area contributed by atoms with Gasteiger partial charge in [0.2, 0.25) is 0 Å². The minimum absolute atomic E-state index is 0.102. The molecular weight excluding hydrogens is 260 g/mol. The molecule has 21 heavy (non-hydrogen) atoms. The highest BCUT2D eigenvalue weighted by atomic mass is 15.8. The zero-order valence-corrected chi connectivity index (χ0v) is 12.6. The van der Waals surface area contributed by atoms with E-state index in [4.69, 9.17) is 0 Å². The Hall–Kier alpha value is -0.680. The van der Waals surface area contributed by atoms with Crippen LogP contribution in [0.15, 0.2) is 24.3 Å². The van der Waals surface area contributed by atoms with Crippen molar-refractivity contribution in [1.29, 1.82) is 0 Å². The third-order valence-electron chi connectivity index (χ3n) is 6.86. The summed E-state index contributed by atoms with van der Waals surface area (Å²) in [6.07, 6.45) is 15.3. The van der Waals surface area contributed by atoms with Crippen molar-refractivity contribution < 1.29 is 0 Å². The van der Waals surface area contributed by atoms with Crippen molar-refractivity contribution in [3.63, 3.8) is 0 Å². The van der Waals surface area contributed by atoms with E-state index < -0.39 is 0 Å². The van der Waals surface area contributed by atoms with E-state index in [2.05, 4.69) is 43.9 Å². The molecule has 112 valence electrons. The summed E-state index contributed by atoms with van der Waals surface area (Å²) < 4.78 is 0. The standard InChI is InChI=1S/C17H24N4/c1-2-14-6-10-19-12-8-16-4-3-15-7-11-18-9-5-13(1)20(14)17(18,19)21(15)16/h1-4,13-16H,5-12H2. The maximum atomic E-state index is 2.88. The summed E-state index contributed by atoms with van der Waals surface area (Å²) in [5.41, 5.74) is 0. The maximum Gasteiger partial charge on any atom is 0.193 e. The van der Waals surface area contributed by atoms with E-state index in [0.29, 0.717) is 24.2 Å². The van der Waals surface area contributed by atoms with Gasteiger partial charge in [-0.2, -0.15) is 0 Å². The normalized spacial score (nSPS) is 52.2. The van der Waals surface area contributed by atoms with Gasteiger partial charge in [0, 0.05) is 50.3 Å². The lowest BCUT2D eigenvalue weighted by Gasteiger charge is -2.72. The van der Waals surface area contributed by atoms with Gasteiger partial charge in [-0.15, -0.1) is 0 Å². The molecule has 4 heteroatoms. The molecule has 1 spiro atoms. The van der Waals surface area contributed by atoms with Crippen LogP contribution < -0.4 is 0 Å². The summed E-state index contributed by atoms with van der Waals surface area (Å²) in [5.74, 6) is 0.102. The highest BCUT2D eigenvalue weighted by molar-refractivity contribution is 5.25. The molecule has 6 aliphatic heterocycles. The highest BCUT2D eigenvalue weighted by Gasteiger charge is 2.66. The van der Waals surface area contributed by atoms with Gasteiger partial charge in [-0.1, -0.05) is 24.3 Å². The topological polar surface area (TPSA) is 13.0 Å². The van der Waals surface area contributed by atoms with E-state index in [0.717, 1.165) is 0 Å². The first-order chi connectivity index (χ1) is 10.4. The van der Waals surface area contributed by atoms with Crippen molar-refractivity contribution in [1.82, 2.24) is 19.6 Å². The fourth-order valence-corrected chi connectivity index (χ4v) is 6.17. The molecule has 4 saturated heterocycles. The molecule has 0 amide bonds. The fraction of sp³-hybridized carbons (Fsp3) is 0.765. The van der Waals surface area contributed by atoms with Crippen molar-refractivity contribution in [3.05, 3.63) is 24.3 Å². The number of hydrogen-bond donors (Lipinski definition) is 0. The first kappa shape index (κ1) is 11.8. The second-order valence-corrected chi connectivity index (χ2v) is 7.58. The molecule has 6 heterocycles. The molecule has 0 aliphatic carbocycles. The minimum Gasteiger partial charge on any atom is -0.259 e. The van der Waals surface area contributed by atoms with Crippen molar-refractivity contribution >= 4 is 0 Å². The van der Waals surface area contributed by atoms with Crippen molar-refractivity contribution in [2.24, 2.45) is 0 Å². The van der Waals surface area contributed by atoms with Gasteiger partial charge in [-0.05, 0) is 25.7 Å². The minimum atomic E-state index is 0.102. The van der Waals surface area contributed by atoms with E-state index >= 15 is 0 Å². The predicted molar refractivity (Wildman–Crippen MR) is 81.5 cm³/mol. The Balaban J connectivity index is 1.56. The lowest BCUT2D eigenvalue weighted by Crippen LogP contribution is -2.88. The Morgan fingerprint density at radius 2 is 0.905 bits per heavy atom. The first-order valence-corrected chi connectivity index (χ1v) is 8.83. The van der Waals surface area contributed by atoms with Gasteiger partial charge in [0.15, 0.2) is 5.91 Å². The Morgan fingerprint density at radius 3 is 1.24 bits per heavy atom. The van der Waals surface area contributed by atoms with Crippen LogP contribution in [0.2, 0.25) is 0 Å². The molecule has 0 N–H and O–H groups in total. The summed E-state index contributed by atoms with van der Waals surface area (Å²) in [6.45, 7) is 5.07. The molecule has 4 unspecified atom stereocenters. The van der Waals surface area contributed by atoms with Crippen LogP contribution in [-0.4, -0.2) is 75.9 Å². The van der Waals surface area contributed by atoms with Crippen LogP contribution in [0.4, 0.5) is 0 Å². The molecule has 0 radical (unpaired) electrons. The van der Waals surface area contributed by atoms with Gasteiger partial charge in [0.1, 0.15) is 0 Å². The Kier molecular flexibility index (Phi) is 2.14. The Bertz CT molecular complexity index is 457. The Morgan fingerprint density at radius 1 is 0.571 bits per heavy atom. The maximum absolute atomic E-state index is 2.88. The molecule has 4 atom stereocenters. The smallest absolute Gasteiger partial charge is 0.193 e.